The number of Topliss-reactive ketones (excluding diaryl/α,β-unsaturated/α-hetero) is 1. The molecule has 0 bridgehead atoms. The highest BCUT2D eigenvalue weighted by Gasteiger charge is 2.35. The molecule has 0 aliphatic carbocycles. The second-order valence-corrected chi connectivity index (χ2v) is 6.96. The number of dihydropyridines is 1. The lowest BCUT2D eigenvalue weighted by Crippen LogP contribution is -2.30. The maximum atomic E-state index is 12.9. The van der Waals surface area contributed by atoms with Crippen LogP contribution in [0.4, 0.5) is 13.2 Å². The number of hydrogen-bond acceptors (Lipinski definition) is 6. The summed E-state index contributed by atoms with van der Waals surface area (Å²) >= 11 is 4.18. The largest absolute Gasteiger partial charge is 0.416 e. The quantitative estimate of drug-likeness (QED) is 0.633. The minimum absolute atomic E-state index is 0.114. The number of nitriles is 1. The monoisotopic (exact) mass is 425 g/mol. The number of morpholine rings is 1. The Morgan fingerprint density at radius 3 is 2.41 bits per heavy atom. The molecule has 1 saturated heterocycles. The van der Waals surface area contributed by atoms with E-state index >= 15 is 0 Å². The Kier molecular flexibility index (Phi) is 7.90. The fraction of sp³-hybridized carbons (Fsp3) is 0.400. The lowest BCUT2D eigenvalue weighted by Gasteiger charge is -2.28. The molecule has 5 nitrogen and oxygen atoms in total. The number of halogens is 3. The van der Waals surface area contributed by atoms with Crippen molar-refractivity contribution in [3.8, 4) is 6.07 Å². The minimum atomic E-state index is -4.50. The van der Waals surface area contributed by atoms with E-state index in [0.717, 1.165) is 38.4 Å². The fourth-order valence-corrected chi connectivity index (χ4v) is 3.49. The molecule has 0 radical (unpaired) electrons. The lowest BCUT2D eigenvalue weighted by molar-refractivity contribution is -0.137. The van der Waals surface area contributed by atoms with Crippen LogP contribution in [0.3, 0.4) is 0 Å². The molecule has 29 heavy (non-hydrogen) atoms. The SMILES string of the molecule is C1COCCN1.CC(=O)C1=C(C)NC(S)=C(C#N)C1c1cccc(C(F)(F)F)c1. The van der Waals surface area contributed by atoms with Crippen LogP contribution < -0.4 is 10.6 Å². The highest BCUT2D eigenvalue weighted by Crippen LogP contribution is 2.40. The van der Waals surface area contributed by atoms with Crippen molar-refractivity contribution in [3.05, 3.63) is 57.3 Å². The summed E-state index contributed by atoms with van der Waals surface area (Å²) in [5.41, 5.74) is 0.257. The van der Waals surface area contributed by atoms with Crippen LogP contribution in [0.25, 0.3) is 0 Å². The highest BCUT2D eigenvalue weighted by atomic mass is 32.1. The predicted molar refractivity (Wildman–Crippen MR) is 106 cm³/mol. The topological polar surface area (TPSA) is 74.2 Å². The summed E-state index contributed by atoms with van der Waals surface area (Å²) in [6.45, 7) is 6.78. The first-order chi connectivity index (χ1) is 13.7. The predicted octanol–water partition coefficient (Wildman–Crippen LogP) is 3.53. The van der Waals surface area contributed by atoms with Crippen molar-refractivity contribution >= 4 is 18.4 Å². The molecule has 2 aliphatic heterocycles. The number of thiol groups is 1. The molecule has 9 heteroatoms. The van der Waals surface area contributed by atoms with Gasteiger partial charge >= 0.3 is 6.18 Å². The van der Waals surface area contributed by atoms with E-state index < -0.39 is 17.7 Å². The Labute approximate surface area is 173 Å². The van der Waals surface area contributed by atoms with Crippen LogP contribution in [0, 0.1) is 11.3 Å². The summed E-state index contributed by atoms with van der Waals surface area (Å²) < 4.78 is 43.8. The number of nitrogens with zero attached hydrogens (tertiary/aromatic N) is 1. The zero-order valence-corrected chi connectivity index (χ0v) is 17.0. The van der Waals surface area contributed by atoms with Crippen molar-refractivity contribution in [1.82, 2.24) is 10.6 Å². The molecule has 1 unspecified atom stereocenters. The van der Waals surface area contributed by atoms with E-state index in [2.05, 4.69) is 23.3 Å². The smallest absolute Gasteiger partial charge is 0.379 e. The van der Waals surface area contributed by atoms with Crippen molar-refractivity contribution in [2.45, 2.75) is 25.9 Å². The van der Waals surface area contributed by atoms with Gasteiger partial charge in [0, 0.05) is 24.4 Å². The molecule has 2 N–H and O–H groups in total. The van der Waals surface area contributed by atoms with Gasteiger partial charge in [-0.3, -0.25) is 4.79 Å². The average Bonchev–Trinajstić information content (AvgIpc) is 2.68. The number of carbonyl (C=O) groups is 1. The molecule has 0 amide bonds. The van der Waals surface area contributed by atoms with Gasteiger partial charge in [0.1, 0.15) is 0 Å². The number of ketones is 1. The molecule has 1 atom stereocenters. The van der Waals surface area contributed by atoms with Gasteiger partial charge in [0.15, 0.2) is 5.78 Å². The Balaban J connectivity index is 0.000000426. The van der Waals surface area contributed by atoms with Crippen LogP contribution in [-0.2, 0) is 15.7 Å². The van der Waals surface area contributed by atoms with Gasteiger partial charge < -0.3 is 15.4 Å². The maximum absolute atomic E-state index is 12.9. The Morgan fingerprint density at radius 1 is 1.31 bits per heavy atom. The number of ether oxygens (including phenoxy) is 1. The number of rotatable bonds is 2. The van der Waals surface area contributed by atoms with Crippen molar-refractivity contribution in [2.75, 3.05) is 26.3 Å². The third-order valence-corrected chi connectivity index (χ3v) is 4.79. The number of nitrogens with one attached hydrogen (secondary N) is 2. The molecule has 0 spiro atoms. The number of hydrogen-bond donors (Lipinski definition) is 3. The van der Waals surface area contributed by atoms with Gasteiger partial charge in [-0.05, 0) is 25.5 Å². The average molecular weight is 425 g/mol. The summed E-state index contributed by atoms with van der Waals surface area (Å²) in [4.78, 5) is 12.0. The van der Waals surface area contributed by atoms with E-state index in [0.29, 0.717) is 5.70 Å². The third-order valence-electron chi connectivity index (χ3n) is 4.44. The number of benzene rings is 1. The summed E-state index contributed by atoms with van der Waals surface area (Å²) in [5, 5.41) is 15.6. The zero-order valence-electron chi connectivity index (χ0n) is 16.1. The second kappa shape index (κ2) is 9.96. The van der Waals surface area contributed by atoms with E-state index in [1.807, 2.05) is 6.07 Å². The van der Waals surface area contributed by atoms with E-state index in [1.54, 1.807) is 6.92 Å². The molecule has 1 aromatic rings. The van der Waals surface area contributed by atoms with Gasteiger partial charge in [-0.15, -0.1) is 12.6 Å². The molecule has 3 rings (SSSR count). The van der Waals surface area contributed by atoms with Crippen LogP contribution in [-0.4, -0.2) is 32.1 Å². The van der Waals surface area contributed by atoms with Crippen LogP contribution in [0.2, 0.25) is 0 Å². The zero-order chi connectivity index (χ0) is 21.6. The number of alkyl halides is 3. The lowest BCUT2D eigenvalue weighted by atomic mass is 9.80. The van der Waals surface area contributed by atoms with Crippen LogP contribution in [0.1, 0.15) is 30.9 Å². The fourth-order valence-electron chi connectivity index (χ4n) is 3.14. The third kappa shape index (κ3) is 5.85. The van der Waals surface area contributed by atoms with Crippen LogP contribution >= 0.6 is 12.6 Å². The van der Waals surface area contributed by atoms with E-state index in [4.69, 9.17) is 4.74 Å². The van der Waals surface area contributed by atoms with Crippen molar-refractivity contribution in [2.24, 2.45) is 0 Å². The number of allylic oxidation sites excluding steroid dienone is 3. The van der Waals surface area contributed by atoms with Gasteiger partial charge in [-0.2, -0.15) is 18.4 Å². The first kappa shape index (κ1) is 23.0. The van der Waals surface area contributed by atoms with Crippen LogP contribution in [0.5, 0.6) is 0 Å². The van der Waals surface area contributed by atoms with Crippen molar-refractivity contribution in [1.29, 1.82) is 5.26 Å². The molecule has 156 valence electrons. The summed E-state index contributed by atoms with van der Waals surface area (Å²) in [5.74, 6) is -1.18. The second-order valence-electron chi connectivity index (χ2n) is 6.51. The normalized spacial score (nSPS) is 19.7. The highest BCUT2D eigenvalue weighted by molar-refractivity contribution is 7.84. The molecule has 2 heterocycles. The van der Waals surface area contributed by atoms with Gasteiger partial charge in [0.05, 0.1) is 41.4 Å². The molecule has 1 fully saturated rings. The Morgan fingerprint density at radius 2 is 1.97 bits per heavy atom. The maximum Gasteiger partial charge on any atom is 0.416 e. The van der Waals surface area contributed by atoms with E-state index in [1.165, 1.54) is 19.1 Å². The van der Waals surface area contributed by atoms with Crippen LogP contribution in [0.15, 0.2) is 46.1 Å². The molecular formula is C20H22F3N3O2S. The van der Waals surface area contributed by atoms with Gasteiger partial charge in [0.2, 0.25) is 0 Å². The first-order valence-corrected chi connectivity index (χ1v) is 9.39. The molecular weight excluding hydrogens is 403 g/mol. The standard InChI is InChI=1S/C16H13F3N2OS.C4H9NO/c1-8-13(9(2)22)14(12(7-20)15(23)21-8)10-4-3-5-11(6-10)16(17,18)19;1-3-6-4-2-5-1/h3-6,14,21,23H,1-2H3;5H,1-4H2. The van der Waals surface area contributed by atoms with Crippen molar-refractivity contribution < 1.29 is 22.7 Å². The Hall–Kier alpha value is -2.28. The summed E-state index contributed by atoms with van der Waals surface area (Å²) in [6.07, 6.45) is -4.50. The van der Waals surface area contributed by atoms with Gasteiger partial charge in [-0.25, -0.2) is 0 Å². The molecule has 1 aromatic carbocycles. The molecule has 0 saturated carbocycles. The minimum Gasteiger partial charge on any atom is -0.379 e. The first-order valence-electron chi connectivity index (χ1n) is 8.94. The molecule has 0 aromatic heterocycles. The summed E-state index contributed by atoms with van der Waals surface area (Å²) in [6, 6.07) is 6.59. The Bertz CT molecular complexity index is 857. The number of carbonyl (C=O) groups excluding carboxylic acids is 1. The van der Waals surface area contributed by atoms with Gasteiger partial charge in [-0.1, -0.05) is 18.2 Å². The van der Waals surface area contributed by atoms with E-state index in [-0.39, 0.29) is 27.5 Å². The molecule has 2 aliphatic rings. The van der Waals surface area contributed by atoms with Gasteiger partial charge in [0.25, 0.3) is 0 Å². The van der Waals surface area contributed by atoms with Crippen molar-refractivity contribution in [3.63, 3.8) is 0 Å². The van der Waals surface area contributed by atoms with E-state index in [9.17, 15) is 23.2 Å². The summed E-state index contributed by atoms with van der Waals surface area (Å²) in [7, 11) is 0.